The molecule has 0 spiro atoms. The van der Waals surface area contributed by atoms with Crippen molar-refractivity contribution >= 4 is 0 Å². The summed E-state index contributed by atoms with van der Waals surface area (Å²) in [5.41, 5.74) is 0.512. The zero-order chi connectivity index (χ0) is 14.5. The highest BCUT2D eigenvalue weighted by Gasteiger charge is 2.09. The number of rotatable bonds is 5. The standard InChI is InChI=1S/C16H17FO3/c1-3-19-13-5-4-6-14(10-13)20-16-8-7-12(11(2)18)9-15(16)17/h4-11,18H,3H2,1-2H3. The van der Waals surface area contributed by atoms with Crippen LogP contribution in [0.3, 0.4) is 0 Å². The van der Waals surface area contributed by atoms with E-state index in [1.54, 1.807) is 31.2 Å². The minimum absolute atomic E-state index is 0.114. The molecule has 0 aliphatic rings. The van der Waals surface area contributed by atoms with Gasteiger partial charge in [0.05, 0.1) is 12.7 Å². The summed E-state index contributed by atoms with van der Waals surface area (Å²) in [6.45, 7) is 4.03. The van der Waals surface area contributed by atoms with E-state index in [-0.39, 0.29) is 5.75 Å². The van der Waals surface area contributed by atoms with Crippen molar-refractivity contribution in [3.8, 4) is 17.2 Å². The second-order valence-electron chi connectivity index (χ2n) is 4.38. The summed E-state index contributed by atoms with van der Waals surface area (Å²) in [5.74, 6) is 0.777. The Hall–Kier alpha value is -2.07. The lowest BCUT2D eigenvalue weighted by atomic mass is 10.1. The van der Waals surface area contributed by atoms with Crippen LogP contribution in [0.15, 0.2) is 42.5 Å². The number of benzene rings is 2. The van der Waals surface area contributed by atoms with E-state index in [0.717, 1.165) is 0 Å². The van der Waals surface area contributed by atoms with Gasteiger partial charge in [0.15, 0.2) is 11.6 Å². The van der Waals surface area contributed by atoms with Gasteiger partial charge in [-0.05, 0) is 43.7 Å². The molecule has 2 aromatic rings. The third-order valence-electron chi connectivity index (χ3n) is 2.78. The molecule has 1 N–H and O–H groups in total. The van der Waals surface area contributed by atoms with Crippen molar-refractivity contribution in [3.05, 3.63) is 53.8 Å². The maximum absolute atomic E-state index is 13.9. The maximum Gasteiger partial charge on any atom is 0.166 e. The lowest BCUT2D eigenvalue weighted by molar-refractivity contribution is 0.198. The van der Waals surface area contributed by atoms with Crippen LogP contribution in [-0.2, 0) is 0 Å². The van der Waals surface area contributed by atoms with Gasteiger partial charge in [-0.3, -0.25) is 0 Å². The van der Waals surface area contributed by atoms with Gasteiger partial charge in [-0.1, -0.05) is 12.1 Å². The topological polar surface area (TPSA) is 38.7 Å². The van der Waals surface area contributed by atoms with Crippen molar-refractivity contribution in [2.45, 2.75) is 20.0 Å². The van der Waals surface area contributed by atoms with Crippen LogP contribution in [0.4, 0.5) is 4.39 Å². The monoisotopic (exact) mass is 276 g/mol. The molecule has 0 aliphatic heterocycles. The molecule has 4 heteroatoms. The Morgan fingerprint density at radius 3 is 2.55 bits per heavy atom. The molecule has 2 rings (SSSR count). The van der Waals surface area contributed by atoms with Gasteiger partial charge in [-0.2, -0.15) is 0 Å². The van der Waals surface area contributed by atoms with Crippen LogP contribution in [-0.4, -0.2) is 11.7 Å². The van der Waals surface area contributed by atoms with Gasteiger partial charge >= 0.3 is 0 Å². The van der Waals surface area contributed by atoms with Crippen molar-refractivity contribution in [1.29, 1.82) is 0 Å². The number of hydrogen-bond donors (Lipinski definition) is 1. The van der Waals surface area contributed by atoms with E-state index >= 15 is 0 Å². The summed E-state index contributed by atoms with van der Waals surface area (Å²) in [4.78, 5) is 0. The van der Waals surface area contributed by atoms with Crippen LogP contribution in [0.5, 0.6) is 17.2 Å². The van der Waals surface area contributed by atoms with Gasteiger partial charge in [0.2, 0.25) is 0 Å². The quantitative estimate of drug-likeness (QED) is 0.894. The fraction of sp³-hybridized carbons (Fsp3) is 0.250. The number of aliphatic hydroxyl groups is 1. The fourth-order valence-corrected chi connectivity index (χ4v) is 1.78. The second-order valence-corrected chi connectivity index (χ2v) is 4.38. The fourth-order valence-electron chi connectivity index (χ4n) is 1.78. The van der Waals surface area contributed by atoms with Crippen molar-refractivity contribution in [1.82, 2.24) is 0 Å². The molecule has 0 heterocycles. The molecule has 0 fully saturated rings. The Labute approximate surface area is 117 Å². The number of aliphatic hydroxyl groups excluding tert-OH is 1. The molecule has 1 atom stereocenters. The molecule has 0 aliphatic carbocycles. The lowest BCUT2D eigenvalue weighted by Crippen LogP contribution is -1.95. The average Bonchev–Trinajstić information content (AvgIpc) is 2.42. The molecule has 0 bridgehead atoms. The predicted octanol–water partition coefficient (Wildman–Crippen LogP) is 4.07. The largest absolute Gasteiger partial charge is 0.494 e. The highest BCUT2D eigenvalue weighted by Crippen LogP contribution is 2.28. The number of halogens is 1. The molecule has 1 unspecified atom stereocenters. The third kappa shape index (κ3) is 3.48. The van der Waals surface area contributed by atoms with Crippen molar-refractivity contribution in [3.63, 3.8) is 0 Å². The summed E-state index contributed by atoms with van der Waals surface area (Å²) in [5, 5.41) is 9.40. The molecular formula is C16H17FO3. The Balaban J connectivity index is 2.19. The van der Waals surface area contributed by atoms with E-state index in [0.29, 0.717) is 23.7 Å². The van der Waals surface area contributed by atoms with Crippen LogP contribution >= 0.6 is 0 Å². The SMILES string of the molecule is CCOc1cccc(Oc2ccc(C(C)O)cc2F)c1. The Morgan fingerprint density at radius 2 is 1.90 bits per heavy atom. The third-order valence-corrected chi connectivity index (χ3v) is 2.78. The second kappa shape index (κ2) is 6.39. The minimum atomic E-state index is -0.708. The molecule has 0 saturated carbocycles. The summed E-state index contributed by atoms with van der Waals surface area (Å²) in [6, 6.07) is 11.4. The molecule has 106 valence electrons. The van der Waals surface area contributed by atoms with Crippen LogP contribution in [0, 0.1) is 5.82 Å². The highest BCUT2D eigenvalue weighted by molar-refractivity contribution is 5.38. The Kier molecular flexibility index (Phi) is 4.58. The Morgan fingerprint density at radius 1 is 1.15 bits per heavy atom. The van der Waals surface area contributed by atoms with Gasteiger partial charge in [0.25, 0.3) is 0 Å². The van der Waals surface area contributed by atoms with E-state index in [1.807, 2.05) is 13.0 Å². The first-order valence-corrected chi connectivity index (χ1v) is 6.48. The summed E-state index contributed by atoms with van der Waals surface area (Å²) in [7, 11) is 0. The Bertz CT molecular complexity index is 582. The summed E-state index contributed by atoms with van der Waals surface area (Å²) in [6.07, 6.45) is -0.708. The summed E-state index contributed by atoms with van der Waals surface area (Å²) < 4.78 is 24.7. The van der Waals surface area contributed by atoms with E-state index < -0.39 is 11.9 Å². The van der Waals surface area contributed by atoms with Crippen LogP contribution < -0.4 is 9.47 Å². The first kappa shape index (κ1) is 14.3. The van der Waals surface area contributed by atoms with Gasteiger partial charge in [-0.15, -0.1) is 0 Å². The van der Waals surface area contributed by atoms with Gasteiger partial charge in [0.1, 0.15) is 11.5 Å². The molecule has 0 amide bonds. The van der Waals surface area contributed by atoms with Crippen molar-refractivity contribution in [2.24, 2.45) is 0 Å². The van der Waals surface area contributed by atoms with E-state index in [1.165, 1.54) is 12.1 Å². The molecule has 0 saturated heterocycles. The molecule has 20 heavy (non-hydrogen) atoms. The van der Waals surface area contributed by atoms with Gasteiger partial charge in [-0.25, -0.2) is 4.39 Å². The molecule has 2 aromatic carbocycles. The van der Waals surface area contributed by atoms with Crippen LogP contribution in [0.2, 0.25) is 0 Å². The summed E-state index contributed by atoms with van der Waals surface area (Å²) >= 11 is 0. The number of hydrogen-bond acceptors (Lipinski definition) is 3. The normalized spacial score (nSPS) is 12.0. The van der Waals surface area contributed by atoms with E-state index in [9.17, 15) is 9.50 Å². The number of ether oxygens (including phenoxy) is 2. The van der Waals surface area contributed by atoms with E-state index in [2.05, 4.69) is 0 Å². The van der Waals surface area contributed by atoms with Crippen LogP contribution in [0.25, 0.3) is 0 Å². The average molecular weight is 276 g/mol. The van der Waals surface area contributed by atoms with Crippen molar-refractivity contribution in [2.75, 3.05) is 6.61 Å². The van der Waals surface area contributed by atoms with Crippen molar-refractivity contribution < 1.29 is 19.0 Å². The molecule has 0 aromatic heterocycles. The van der Waals surface area contributed by atoms with E-state index in [4.69, 9.17) is 9.47 Å². The first-order valence-electron chi connectivity index (χ1n) is 6.48. The van der Waals surface area contributed by atoms with Crippen LogP contribution in [0.1, 0.15) is 25.5 Å². The maximum atomic E-state index is 13.9. The molecule has 3 nitrogen and oxygen atoms in total. The molecule has 0 radical (unpaired) electrons. The lowest BCUT2D eigenvalue weighted by Gasteiger charge is -2.11. The minimum Gasteiger partial charge on any atom is -0.494 e. The van der Waals surface area contributed by atoms with Gasteiger partial charge < -0.3 is 14.6 Å². The highest BCUT2D eigenvalue weighted by atomic mass is 19.1. The zero-order valence-corrected chi connectivity index (χ0v) is 11.5. The smallest absolute Gasteiger partial charge is 0.166 e. The first-order chi connectivity index (χ1) is 9.60. The predicted molar refractivity (Wildman–Crippen MR) is 74.7 cm³/mol. The zero-order valence-electron chi connectivity index (χ0n) is 11.5. The molecular weight excluding hydrogens is 259 g/mol. The van der Waals surface area contributed by atoms with Gasteiger partial charge in [0, 0.05) is 6.07 Å².